The molecule has 8 aromatic rings. The molecule has 5 heteroatoms. The Bertz CT molecular complexity index is 2530. The van der Waals surface area contributed by atoms with Crippen LogP contribution in [0.5, 0.6) is 0 Å². The van der Waals surface area contributed by atoms with Crippen molar-refractivity contribution >= 4 is 44.8 Å². The fourth-order valence-corrected chi connectivity index (χ4v) is 8.27. The van der Waals surface area contributed by atoms with Crippen LogP contribution in [-0.4, -0.2) is 18.0 Å². The molecule has 0 aliphatic rings. The van der Waals surface area contributed by atoms with E-state index in [2.05, 4.69) is 102 Å². The summed E-state index contributed by atoms with van der Waals surface area (Å²) in [6.45, 7) is 10.7. The zero-order valence-electron chi connectivity index (χ0n) is 33.0. The molecule has 0 saturated carbocycles. The van der Waals surface area contributed by atoms with E-state index >= 15 is 0 Å². The van der Waals surface area contributed by atoms with Crippen molar-refractivity contribution in [3.63, 3.8) is 0 Å². The van der Waals surface area contributed by atoms with Gasteiger partial charge >= 0.3 is 0 Å². The number of benzene rings is 5. The van der Waals surface area contributed by atoms with E-state index in [0.717, 1.165) is 32.5 Å². The molecule has 0 aliphatic heterocycles. The van der Waals surface area contributed by atoms with Crippen molar-refractivity contribution in [1.29, 1.82) is 0 Å². The molecule has 8 rings (SSSR count). The molecular formula is C47H42IrN2SSi-2. The predicted molar refractivity (Wildman–Crippen MR) is 222 cm³/mol. The van der Waals surface area contributed by atoms with Crippen LogP contribution in [0, 0.1) is 12.1 Å². The average Bonchev–Trinajstić information content (AvgIpc) is 3.57. The molecule has 1 radical (unpaired) electrons. The number of thiophene rings is 1. The molecule has 0 amide bonds. The first-order valence-electron chi connectivity index (χ1n) is 18.7. The zero-order valence-corrected chi connectivity index (χ0v) is 34.2. The summed E-state index contributed by atoms with van der Waals surface area (Å²) in [6, 6.07) is 50.7. The summed E-state index contributed by atoms with van der Waals surface area (Å²) < 4.78 is 28.4. The summed E-state index contributed by atoms with van der Waals surface area (Å²) in [7, 11) is -1.23. The molecule has 3 aromatic heterocycles. The minimum atomic E-state index is -1.71. The first-order chi connectivity index (χ1) is 25.8. The molecule has 0 unspecified atom stereocenters. The summed E-state index contributed by atoms with van der Waals surface area (Å²) in [4.78, 5) is 9.15. The first-order valence-corrected chi connectivity index (χ1v) is 21.5. The molecule has 5 aromatic carbocycles. The molecule has 0 bridgehead atoms. The quantitative estimate of drug-likeness (QED) is 0.118. The van der Waals surface area contributed by atoms with Gasteiger partial charge in [0.25, 0.3) is 0 Å². The summed E-state index contributed by atoms with van der Waals surface area (Å²) in [5.41, 5.74) is 7.97. The molecule has 3 heterocycles. The molecule has 0 saturated heterocycles. The Kier molecular flexibility index (Phi) is 10.5. The molecule has 52 heavy (non-hydrogen) atoms. The number of nitrogens with zero attached hydrogens (tertiary/aromatic N) is 2. The van der Waals surface area contributed by atoms with Gasteiger partial charge in [-0.15, -0.1) is 59.7 Å². The molecule has 0 spiro atoms. The SMILES string of the molecule is C[Si](C)(C)c1ccc(-c2[c-]cccc2)nc1.[2H]C(C)(C)c1ccc(C([2H])([2H])c2ccnc(-c3[c-]ccc4c3sc3cc(-c5ccccc5)ccc34)c2)cc1.[Ir]. The summed E-state index contributed by atoms with van der Waals surface area (Å²) >= 11 is 1.72. The van der Waals surface area contributed by atoms with Gasteiger partial charge in [-0.3, -0.25) is 0 Å². The van der Waals surface area contributed by atoms with Crippen molar-refractivity contribution in [1.82, 2.24) is 9.97 Å². The predicted octanol–water partition coefficient (Wildman–Crippen LogP) is 12.4. The van der Waals surface area contributed by atoms with Crippen LogP contribution in [0.1, 0.15) is 40.5 Å². The maximum Gasteiger partial charge on any atom is 0.0795 e. The largest absolute Gasteiger partial charge is 0.305 e. The maximum absolute atomic E-state index is 8.93. The van der Waals surface area contributed by atoms with Crippen molar-refractivity contribution in [3.05, 3.63) is 175 Å². The van der Waals surface area contributed by atoms with Crippen molar-refractivity contribution < 1.29 is 24.2 Å². The van der Waals surface area contributed by atoms with Gasteiger partial charge in [-0.25, -0.2) is 0 Å². The Morgan fingerprint density at radius 1 is 0.712 bits per heavy atom. The summed E-state index contributed by atoms with van der Waals surface area (Å²) in [5.74, 6) is -0.726. The van der Waals surface area contributed by atoms with E-state index in [4.69, 9.17) is 4.11 Å². The third-order valence-electron chi connectivity index (χ3n) is 8.92. The number of pyridine rings is 2. The smallest absolute Gasteiger partial charge is 0.0795 e. The van der Waals surface area contributed by atoms with E-state index in [1.807, 2.05) is 74.6 Å². The van der Waals surface area contributed by atoms with Crippen molar-refractivity contribution in [3.8, 4) is 33.6 Å². The van der Waals surface area contributed by atoms with Gasteiger partial charge in [0.05, 0.1) is 8.07 Å². The molecular weight excluding hydrogens is 845 g/mol. The third-order valence-corrected chi connectivity index (χ3v) is 12.1. The number of hydrogen-bond donors (Lipinski definition) is 0. The second-order valence-electron chi connectivity index (χ2n) is 13.9. The van der Waals surface area contributed by atoms with Crippen LogP contribution >= 0.6 is 11.3 Å². The maximum atomic E-state index is 8.93. The Morgan fingerprint density at radius 2 is 1.50 bits per heavy atom. The van der Waals surface area contributed by atoms with Crippen LogP contribution in [0.4, 0.5) is 0 Å². The standard InChI is InChI=1S/C33H26NS.C14H16NSi.Ir/c1-22(2)25-13-11-23(12-14-25)19-24-17-18-34-31(20-24)30-10-6-9-29-28-16-15-27(21-32(28)35-33(29)30)26-7-4-3-5-8-26;1-16(2,3)13-9-10-14(15-11-13)12-7-5-4-6-8-12;/h3-9,11-18,20-22H,19H2,1-2H3;4-7,9-11H,1-3H3;/q2*-1;/i19D2,22D;;. The molecule has 0 fully saturated rings. The second-order valence-corrected chi connectivity index (χ2v) is 20.0. The van der Waals surface area contributed by atoms with Gasteiger partial charge in [-0.1, -0.05) is 124 Å². The fourth-order valence-electron chi connectivity index (χ4n) is 5.99. The molecule has 261 valence electrons. The van der Waals surface area contributed by atoms with Gasteiger partial charge in [-0.2, -0.15) is 11.3 Å². The van der Waals surface area contributed by atoms with E-state index in [9.17, 15) is 0 Å². The van der Waals surface area contributed by atoms with Crippen molar-refractivity contribution in [2.24, 2.45) is 0 Å². The Labute approximate surface area is 331 Å². The average molecular weight is 890 g/mol. The van der Waals surface area contributed by atoms with Crippen LogP contribution in [0.25, 0.3) is 53.8 Å². The summed E-state index contributed by atoms with van der Waals surface area (Å²) in [5, 5.41) is 3.75. The monoisotopic (exact) mass is 890 g/mol. The normalized spacial score (nSPS) is 12.6. The van der Waals surface area contributed by atoms with Crippen LogP contribution in [0.3, 0.4) is 0 Å². The Hall–Kier alpha value is -4.51. The first kappa shape index (κ1) is 33.3. The van der Waals surface area contributed by atoms with Gasteiger partial charge in [0.2, 0.25) is 0 Å². The van der Waals surface area contributed by atoms with Gasteiger partial charge < -0.3 is 9.97 Å². The van der Waals surface area contributed by atoms with Gasteiger partial charge in [-0.05, 0) is 78.9 Å². The fraction of sp³-hybridized carbons (Fsp3) is 0.149. The Morgan fingerprint density at radius 3 is 2.19 bits per heavy atom. The second kappa shape index (κ2) is 16.4. The van der Waals surface area contributed by atoms with Gasteiger partial charge in [0.1, 0.15) is 0 Å². The van der Waals surface area contributed by atoms with E-state index < -0.39 is 20.3 Å². The van der Waals surface area contributed by atoms with E-state index in [-0.39, 0.29) is 20.1 Å². The minimum Gasteiger partial charge on any atom is -0.305 e. The van der Waals surface area contributed by atoms with Gasteiger partial charge in [0.15, 0.2) is 0 Å². The molecule has 2 nitrogen and oxygen atoms in total. The van der Waals surface area contributed by atoms with Gasteiger partial charge in [0, 0.05) is 41.3 Å². The van der Waals surface area contributed by atoms with E-state index in [0.29, 0.717) is 16.8 Å². The zero-order chi connectivity index (χ0) is 38.1. The molecule has 0 aliphatic carbocycles. The van der Waals surface area contributed by atoms with Crippen LogP contribution in [0.2, 0.25) is 19.6 Å². The summed E-state index contributed by atoms with van der Waals surface area (Å²) in [6.07, 6.45) is 1.99. The number of hydrogen-bond acceptors (Lipinski definition) is 3. The number of rotatable bonds is 7. The number of aromatic nitrogens is 2. The minimum absolute atomic E-state index is 0. The van der Waals surface area contributed by atoms with E-state index in [1.165, 1.54) is 26.4 Å². The van der Waals surface area contributed by atoms with Crippen molar-refractivity contribution in [2.45, 2.75) is 45.8 Å². The van der Waals surface area contributed by atoms with E-state index in [1.54, 1.807) is 35.7 Å². The number of fused-ring (bicyclic) bond motifs is 3. The van der Waals surface area contributed by atoms with Crippen LogP contribution in [0.15, 0.2) is 146 Å². The van der Waals surface area contributed by atoms with Crippen molar-refractivity contribution in [2.75, 3.05) is 0 Å². The third kappa shape index (κ3) is 8.57. The topological polar surface area (TPSA) is 25.8 Å². The molecule has 0 atom stereocenters. The Balaban J connectivity index is 0.000000254. The molecule has 0 N–H and O–H groups in total. The van der Waals surface area contributed by atoms with Crippen LogP contribution in [-0.2, 0) is 26.5 Å². The van der Waals surface area contributed by atoms with Crippen LogP contribution < -0.4 is 5.19 Å².